The van der Waals surface area contributed by atoms with Crippen LogP contribution in [0.5, 0.6) is 0 Å². The molecule has 0 unspecified atom stereocenters. The summed E-state index contributed by atoms with van der Waals surface area (Å²) in [4.78, 5) is 10.6. The van der Waals surface area contributed by atoms with Gasteiger partial charge in [-0.05, 0) is 19.3 Å². The molecule has 0 aromatic carbocycles. The molecule has 0 aliphatic carbocycles. The predicted octanol–water partition coefficient (Wildman–Crippen LogP) is -1.70. The average Bonchev–Trinajstić information content (AvgIpc) is 1.89. The van der Waals surface area contributed by atoms with Gasteiger partial charge in [-0.3, -0.25) is 0 Å². The highest BCUT2D eigenvalue weighted by Gasteiger charge is 2.32. The van der Waals surface area contributed by atoms with E-state index in [1.54, 1.807) is 7.05 Å². The number of hydrogen-bond donors (Lipinski definition) is 1. The lowest BCUT2D eigenvalue weighted by molar-refractivity contribution is -0.842. The van der Waals surface area contributed by atoms with Gasteiger partial charge in [0.15, 0.2) is 0 Å². The van der Waals surface area contributed by atoms with Crippen LogP contribution in [0.4, 0.5) is 4.79 Å². The van der Waals surface area contributed by atoms with E-state index in [-0.39, 0.29) is 16.9 Å². The van der Waals surface area contributed by atoms with Crippen molar-refractivity contribution in [2.24, 2.45) is 0 Å². The van der Waals surface area contributed by atoms with Crippen molar-refractivity contribution in [3.8, 4) is 0 Å². The van der Waals surface area contributed by atoms with Gasteiger partial charge in [0.2, 0.25) is 0 Å². The molecule has 1 aliphatic rings. The zero-order valence-corrected chi connectivity index (χ0v) is 7.47. The third-order valence-electron chi connectivity index (χ3n) is 2.27. The van der Waals surface area contributed by atoms with E-state index in [0.717, 1.165) is 25.9 Å². The molecule has 11 heavy (non-hydrogen) atoms. The lowest BCUT2D eigenvalue weighted by Gasteiger charge is -2.31. The van der Waals surface area contributed by atoms with Crippen LogP contribution in [0.2, 0.25) is 0 Å². The number of piperidine rings is 1. The van der Waals surface area contributed by atoms with E-state index in [1.165, 1.54) is 6.42 Å². The van der Waals surface area contributed by atoms with Gasteiger partial charge in [-0.2, -0.15) is 4.79 Å². The van der Waals surface area contributed by atoms with Gasteiger partial charge in [0.1, 0.15) is 0 Å². The quantitative estimate of drug-likeness (QED) is 0.450. The number of likely N-dealkylation sites (tertiary alicyclic amines) is 1. The summed E-state index contributed by atoms with van der Waals surface area (Å²) in [6.45, 7) is 1.60. The zero-order chi connectivity index (χ0) is 7.61. The normalized spacial score (nSPS) is 21.9. The molecule has 0 bridgehead atoms. The minimum absolute atomic E-state index is 0. The van der Waals surface area contributed by atoms with Crippen molar-refractivity contribution in [3.63, 3.8) is 0 Å². The number of hydrogen-bond acceptors (Lipinski definition) is 1. The Bertz CT molecular complexity index is 143. The van der Waals surface area contributed by atoms with Crippen LogP contribution in [0.3, 0.4) is 0 Å². The molecule has 0 radical (unpaired) electrons. The fourth-order valence-electron chi connectivity index (χ4n) is 1.40. The topological polar surface area (TPSA) is 37.3 Å². The van der Waals surface area contributed by atoms with Gasteiger partial charge < -0.3 is 17.5 Å². The van der Waals surface area contributed by atoms with Gasteiger partial charge in [-0.1, -0.05) is 0 Å². The van der Waals surface area contributed by atoms with Crippen LogP contribution in [0.1, 0.15) is 19.3 Å². The van der Waals surface area contributed by atoms with E-state index in [1.807, 2.05) is 0 Å². The lowest BCUT2D eigenvalue weighted by atomic mass is 10.1. The van der Waals surface area contributed by atoms with Crippen LogP contribution < -0.4 is 12.4 Å². The zero-order valence-electron chi connectivity index (χ0n) is 6.72. The van der Waals surface area contributed by atoms with Gasteiger partial charge in [0.05, 0.1) is 20.1 Å². The third kappa shape index (κ3) is 2.34. The highest BCUT2D eigenvalue weighted by molar-refractivity contribution is 5.56. The van der Waals surface area contributed by atoms with Crippen LogP contribution in [-0.4, -0.2) is 35.8 Å². The molecule has 0 saturated carbocycles. The van der Waals surface area contributed by atoms with Gasteiger partial charge in [-0.15, -0.1) is 0 Å². The monoisotopic (exact) mass is 179 g/mol. The van der Waals surface area contributed by atoms with Crippen LogP contribution in [0.15, 0.2) is 0 Å². The molecule has 0 aromatic rings. The molecule has 1 amide bonds. The van der Waals surface area contributed by atoms with Crippen molar-refractivity contribution in [1.29, 1.82) is 0 Å². The first-order valence-electron chi connectivity index (χ1n) is 3.73. The Morgan fingerprint density at radius 3 is 2.00 bits per heavy atom. The summed E-state index contributed by atoms with van der Waals surface area (Å²) in [5.41, 5.74) is 0. The first kappa shape index (κ1) is 10.7. The maximum atomic E-state index is 10.6. The molecule has 1 N–H and O–H groups in total. The molecule has 0 spiro atoms. The van der Waals surface area contributed by atoms with E-state index < -0.39 is 6.09 Å². The first-order valence-corrected chi connectivity index (χ1v) is 3.73. The number of carboxylic acid groups (broad SMARTS) is 1. The summed E-state index contributed by atoms with van der Waals surface area (Å²) in [6.07, 6.45) is 2.63. The number of quaternary nitrogens is 1. The Balaban J connectivity index is 0.000001000. The molecule has 1 heterocycles. The number of nitrogens with zero attached hydrogens (tertiary/aromatic N) is 1. The van der Waals surface area contributed by atoms with Crippen LogP contribution >= 0.6 is 0 Å². The molecule has 0 aromatic heterocycles. The fourth-order valence-corrected chi connectivity index (χ4v) is 1.40. The van der Waals surface area contributed by atoms with E-state index in [2.05, 4.69) is 0 Å². The van der Waals surface area contributed by atoms with Crippen molar-refractivity contribution >= 4 is 6.09 Å². The second-order valence-corrected chi connectivity index (χ2v) is 3.19. The first-order chi connectivity index (χ1) is 4.65. The van der Waals surface area contributed by atoms with Crippen LogP contribution in [0, 0.1) is 0 Å². The molecule has 1 saturated heterocycles. The van der Waals surface area contributed by atoms with E-state index >= 15 is 0 Å². The molecule has 1 fully saturated rings. The maximum Gasteiger partial charge on any atom is 0.513 e. The van der Waals surface area contributed by atoms with E-state index in [0.29, 0.717) is 0 Å². The van der Waals surface area contributed by atoms with Crippen molar-refractivity contribution in [1.82, 2.24) is 0 Å². The van der Waals surface area contributed by atoms with Crippen LogP contribution in [0.25, 0.3) is 0 Å². The molecular weight excluding hydrogens is 166 g/mol. The maximum absolute atomic E-state index is 10.6. The SMILES string of the molecule is C[N+]1(C(=O)O)CCCCC1.[Cl-]. The molecule has 3 nitrogen and oxygen atoms in total. The molecule has 66 valence electrons. The lowest BCUT2D eigenvalue weighted by Crippen LogP contribution is -3.00. The Hall–Kier alpha value is -0.280. The Kier molecular flexibility index (Phi) is 3.83. The summed E-state index contributed by atoms with van der Waals surface area (Å²) in [5.74, 6) is 0. The smallest absolute Gasteiger partial charge is 0.513 e. The Morgan fingerprint density at radius 1 is 1.27 bits per heavy atom. The Labute approximate surface area is 73.0 Å². The highest BCUT2D eigenvalue weighted by Crippen LogP contribution is 2.15. The average molecular weight is 180 g/mol. The molecule has 1 rings (SSSR count). The molecule has 4 heteroatoms. The van der Waals surface area contributed by atoms with E-state index in [4.69, 9.17) is 5.11 Å². The number of rotatable bonds is 0. The largest absolute Gasteiger partial charge is 1.00 e. The number of amides is 1. The van der Waals surface area contributed by atoms with Gasteiger partial charge >= 0.3 is 6.09 Å². The molecule has 0 atom stereocenters. The second kappa shape index (κ2) is 3.93. The second-order valence-electron chi connectivity index (χ2n) is 3.19. The summed E-state index contributed by atoms with van der Waals surface area (Å²) < 4.78 is 0.222. The van der Waals surface area contributed by atoms with E-state index in [9.17, 15) is 4.79 Å². The molecular formula is C7H14ClNO2. The minimum Gasteiger partial charge on any atom is -1.00 e. The van der Waals surface area contributed by atoms with Crippen molar-refractivity contribution in [2.45, 2.75) is 19.3 Å². The van der Waals surface area contributed by atoms with Gasteiger partial charge in [0.25, 0.3) is 0 Å². The molecule has 1 aliphatic heterocycles. The van der Waals surface area contributed by atoms with Crippen LogP contribution in [-0.2, 0) is 0 Å². The minimum atomic E-state index is -0.681. The predicted molar refractivity (Wildman–Crippen MR) is 37.8 cm³/mol. The van der Waals surface area contributed by atoms with Gasteiger partial charge in [0, 0.05) is 0 Å². The van der Waals surface area contributed by atoms with Gasteiger partial charge in [-0.25, -0.2) is 4.48 Å². The summed E-state index contributed by atoms with van der Waals surface area (Å²) in [5, 5.41) is 8.77. The number of halogens is 1. The highest BCUT2D eigenvalue weighted by atomic mass is 35.5. The van der Waals surface area contributed by atoms with Crippen molar-refractivity contribution in [2.75, 3.05) is 20.1 Å². The van der Waals surface area contributed by atoms with Crippen molar-refractivity contribution < 1.29 is 26.8 Å². The summed E-state index contributed by atoms with van der Waals surface area (Å²) in [6, 6.07) is 0. The standard InChI is InChI=1S/C7H13NO2.ClH/c1-8(7(9)10)5-3-2-4-6-8;/h2-6H2,1H3;1H. The number of carbonyl (C=O) groups is 1. The summed E-state index contributed by atoms with van der Waals surface area (Å²) in [7, 11) is 1.79. The fraction of sp³-hybridized carbons (Fsp3) is 0.857. The van der Waals surface area contributed by atoms with Crippen molar-refractivity contribution in [3.05, 3.63) is 0 Å². The summed E-state index contributed by atoms with van der Waals surface area (Å²) >= 11 is 0. The Morgan fingerprint density at radius 2 is 1.73 bits per heavy atom. The third-order valence-corrected chi connectivity index (χ3v) is 2.27.